The number of piperidine rings is 1. The molecule has 1 aliphatic rings. The molecule has 2 atom stereocenters. The highest BCUT2D eigenvalue weighted by Crippen LogP contribution is 2.22. The number of aryl methyl sites for hydroxylation is 1. The number of carbonyl (C=O) groups excluding carboxylic acids is 1. The van der Waals surface area contributed by atoms with E-state index in [1.807, 2.05) is 35.2 Å². The van der Waals surface area contributed by atoms with Crippen LogP contribution in [0, 0.1) is 5.92 Å². The van der Waals surface area contributed by atoms with Crippen molar-refractivity contribution in [2.75, 3.05) is 13.1 Å². The molecule has 1 fully saturated rings. The highest BCUT2D eigenvalue weighted by Gasteiger charge is 2.26. The summed E-state index contributed by atoms with van der Waals surface area (Å²) >= 11 is 0. The molecule has 2 heterocycles. The van der Waals surface area contributed by atoms with Crippen LogP contribution in [0.2, 0.25) is 0 Å². The number of amides is 1. The van der Waals surface area contributed by atoms with E-state index in [1.165, 1.54) is 0 Å². The second-order valence-electron chi connectivity index (χ2n) is 6.47. The lowest BCUT2D eigenvalue weighted by molar-refractivity contribution is -0.133. The van der Waals surface area contributed by atoms with E-state index in [0.29, 0.717) is 25.3 Å². The third kappa shape index (κ3) is 4.03. The lowest BCUT2D eigenvalue weighted by atomic mass is 9.93. The number of oxazole rings is 1. The zero-order chi connectivity index (χ0) is 16.9. The molecule has 0 spiro atoms. The lowest BCUT2D eigenvalue weighted by Gasteiger charge is -2.34. The van der Waals surface area contributed by atoms with E-state index in [4.69, 9.17) is 4.42 Å². The van der Waals surface area contributed by atoms with E-state index in [1.54, 1.807) is 13.1 Å². The van der Waals surface area contributed by atoms with Gasteiger partial charge < -0.3 is 14.4 Å². The smallest absolute Gasteiger partial charge is 0.223 e. The van der Waals surface area contributed by atoms with Gasteiger partial charge in [-0.15, -0.1) is 0 Å². The Labute approximate surface area is 142 Å². The van der Waals surface area contributed by atoms with Crippen LogP contribution in [-0.4, -0.2) is 40.1 Å². The van der Waals surface area contributed by atoms with Gasteiger partial charge >= 0.3 is 0 Å². The molecule has 0 radical (unpaired) electrons. The first-order valence-corrected chi connectivity index (χ1v) is 8.59. The van der Waals surface area contributed by atoms with Crippen LogP contribution in [0.5, 0.6) is 0 Å². The quantitative estimate of drug-likeness (QED) is 0.916. The van der Waals surface area contributed by atoms with E-state index in [2.05, 4.69) is 4.98 Å². The zero-order valence-electron chi connectivity index (χ0n) is 14.0. The molecule has 3 rings (SSSR count). The number of aliphatic hydroxyl groups excluding tert-OH is 1. The molecule has 5 nitrogen and oxygen atoms in total. The molecule has 1 N–H and O–H groups in total. The fourth-order valence-electron chi connectivity index (χ4n) is 3.16. The van der Waals surface area contributed by atoms with Gasteiger partial charge in [-0.25, -0.2) is 4.98 Å². The fraction of sp³-hybridized carbons (Fsp3) is 0.474. The summed E-state index contributed by atoms with van der Waals surface area (Å²) in [6, 6.07) is 9.81. The molecular weight excluding hydrogens is 304 g/mol. The lowest BCUT2D eigenvalue weighted by Crippen LogP contribution is -2.43. The van der Waals surface area contributed by atoms with E-state index >= 15 is 0 Å². The number of rotatable bonds is 5. The van der Waals surface area contributed by atoms with Crippen molar-refractivity contribution >= 4 is 5.91 Å². The number of hydrogen-bond donors (Lipinski definition) is 1. The molecule has 0 aliphatic carbocycles. The molecule has 1 aromatic heterocycles. The SMILES string of the molecule is CC(O)C1CCCN(C(=O)CCc2ncc(-c3ccccc3)o2)C1. The molecule has 24 heavy (non-hydrogen) atoms. The van der Waals surface area contributed by atoms with Crippen LogP contribution >= 0.6 is 0 Å². The molecule has 1 amide bonds. The molecule has 1 saturated heterocycles. The summed E-state index contributed by atoms with van der Waals surface area (Å²) in [7, 11) is 0. The summed E-state index contributed by atoms with van der Waals surface area (Å²) in [6.07, 6.45) is 4.18. The highest BCUT2D eigenvalue weighted by atomic mass is 16.4. The van der Waals surface area contributed by atoms with Crippen LogP contribution in [0.25, 0.3) is 11.3 Å². The number of carbonyl (C=O) groups is 1. The van der Waals surface area contributed by atoms with Crippen molar-refractivity contribution in [3.63, 3.8) is 0 Å². The summed E-state index contributed by atoms with van der Waals surface area (Å²) in [4.78, 5) is 18.5. The molecule has 0 bridgehead atoms. The van der Waals surface area contributed by atoms with Crippen LogP contribution in [0.1, 0.15) is 32.1 Å². The minimum atomic E-state index is -0.360. The van der Waals surface area contributed by atoms with E-state index in [9.17, 15) is 9.90 Å². The van der Waals surface area contributed by atoms with Crippen molar-refractivity contribution in [1.82, 2.24) is 9.88 Å². The maximum absolute atomic E-state index is 12.4. The molecular formula is C19H24N2O3. The first kappa shape index (κ1) is 16.7. The zero-order valence-corrected chi connectivity index (χ0v) is 14.0. The predicted octanol–water partition coefficient (Wildman–Crippen LogP) is 2.89. The standard InChI is InChI=1S/C19H24N2O3/c1-14(22)16-8-5-11-21(13-16)19(23)10-9-18-20-12-17(24-18)15-6-3-2-4-7-15/h2-4,6-7,12,14,16,22H,5,8-11,13H2,1H3. The van der Waals surface area contributed by atoms with E-state index in [0.717, 1.165) is 30.7 Å². The monoisotopic (exact) mass is 328 g/mol. The van der Waals surface area contributed by atoms with Gasteiger partial charge in [-0.1, -0.05) is 30.3 Å². The first-order chi connectivity index (χ1) is 11.6. The van der Waals surface area contributed by atoms with Gasteiger partial charge in [0, 0.05) is 37.4 Å². The fourth-order valence-corrected chi connectivity index (χ4v) is 3.16. The Kier molecular flexibility index (Phi) is 5.30. The topological polar surface area (TPSA) is 66.6 Å². The van der Waals surface area contributed by atoms with Crippen LogP contribution in [-0.2, 0) is 11.2 Å². The third-order valence-corrected chi connectivity index (χ3v) is 4.66. The number of likely N-dealkylation sites (tertiary alicyclic amines) is 1. The summed E-state index contributed by atoms with van der Waals surface area (Å²) in [5, 5.41) is 9.73. The summed E-state index contributed by atoms with van der Waals surface area (Å²) in [5.41, 5.74) is 0.985. The summed E-state index contributed by atoms with van der Waals surface area (Å²) in [6.45, 7) is 3.23. The van der Waals surface area contributed by atoms with Gasteiger partial charge in [0.1, 0.15) is 0 Å². The first-order valence-electron chi connectivity index (χ1n) is 8.59. The highest BCUT2D eigenvalue weighted by molar-refractivity contribution is 5.76. The Bertz CT molecular complexity index is 666. The van der Waals surface area contributed by atoms with Gasteiger partial charge in [0.05, 0.1) is 12.3 Å². The maximum Gasteiger partial charge on any atom is 0.223 e. The number of hydrogen-bond acceptors (Lipinski definition) is 4. The van der Waals surface area contributed by atoms with Crippen molar-refractivity contribution in [3.8, 4) is 11.3 Å². The Hall–Kier alpha value is -2.14. The van der Waals surface area contributed by atoms with E-state index in [-0.39, 0.29) is 17.9 Å². The number of aliphatic hydroxyl groups is 1. The van der Waals surface area contributed by atoms with Gasteiger partial charge in [-0.2, -0.15) is 0 Å². The molecule has 1 aliphatic heterocycles. The molecule has 0 saturated carbocycles. The van der Waals surface area contributed by atoms with Gasteiger partial charge in [0.15, 0.2) is 11.7 Å². The van der Waals surface area contributed by atoms with Crippen molar-refractivity contribution in [1.29, 1.82) is 0 Å². The molecule has 2 aromatic rings. The van der Waals surface area contributed by atoms with E-state index < -0.39 is 0 Å². The van der Waals surface area contributed by atoms with Crippen LogP contribution in [0.4, 0.5) is 0 Å². The number of nitrogens with zero attached hydrogens (tertiary/aromatic N) is 2. The normalized spacial score (nSPS) is 19.2. The molecule has 1 aromatic carbocycles. The molecule has 128 valence electrons. The number of benzene rings is 1. The minimum Gasteiger partial charge on any atom is -0.441 e. The summed E-state index contributed by atoms with van der Waals surface area (Å²) in [5.74, 6) is 1.62. The van der Waals surface area contributed by atoms with Crippen molar-refractivity contribution in [3.05, 3.63) is 42.4 Å². The Morgan fingerprint density at radius 1 is 1.42 bits per heavy atom. The molecule has 5 heteroatoms. The van der Waals surface area contributed by atoms with Crippen LogP contribution < -0.4 is 0 Å². The van der Waals surface area contributed by atoms with Gasteiger partial charge in [0.2, 0.25) is 5.91 Å². The Balaban J connectivity index is 1.54. The Morgan fingerprint density at radius 2 is 2.21 bits per heavy atom. The predicted molar refractivity (Wildman–Crippen MR) is 91.2 cm³/mol. The second kappa shape index (κ2) is 7.62. The molecule has 2 unspecified atom stereocenters. The van der Waals surface area contributed by atoms with Gasteiger partial charge in [-0.05, 0) is 19.8 Å². The average molecular weight is 328 g/mol. The minimum absolute atomic E-state index is 0.111. The largest absolute Gasteiger partial charge is 0.441 e. The summed E-state index contributed by atoms with van der Waals surface area (Å²) < 4.78 is 5.74. The maximum atomic E-state index is 12.4. The third-order valence-electron chi connectivity index (χ3n) is 4.66. The van der Waals surface area contributed by atoms with Gasteiger partial charge in [0.25, 0.3) is 0 Å². The number of aromatic nitrogens is 1. The average Bonchev–Trinajstić information content (AvgIpc) is 3.09. The van der Waals surface area contributed by atoms with Crippen LogP contribution in [0.3, 0.4) is 0 Å². The Morgan fingerprint density at radius 3 is 2.96 bits per heavy atom. The van der Waals surface area contributed by atoms with Crippen molar-refractivity contribution < 1.29 is 14.3 Å². The van der Waals surface area contributed by atoms with Crippen LogP contribution in [0.15, 0.2) is 40.9 Å². The van der Waals surface area contributed by atoms with Crippen molar-refractivity contribution in [2.24, 2.45) is 5.92 Å². The van der Waals surface area contributed by atoms with Gasteiger partial charge in [-0.3, -0.25) is 4.79 Å². The van der Waals surface area contributed by atoms with Crippen molar-refractivity contribution in [2.45, 2.75) is 38.7 Å². The second-order valence-corrected chi connectivity index (χ2v) is 6.47.